The van der Waals surface area contributed by atoms with Crippen LogP contribution in [-0.2, 0) is 9.47 Å². The molecule has 0 radical (unpaired) electrons. The van der Waals surface area contributed by atoms with Crippen LogP contribution in [0.1, 0.15) is 21.6 Å². The molecule has 1 aliphatic rings. The molecule has 4 heterocycles. The highest BCUT2D eigenvalue weighted by Crippen LogP contribution is 2.26. The van der Waals surface area contributed by atoms with Gasteiger partial charge in [0.15, 0.2) is 0 Å². The number of carbonyl (C=O) groups is 1. The van der Waals surface area contributed by atoms with E-state index in [-0.39, 0.29) is 12.0 Å². The number of thiophene rings is 1. The maximum Gasteiger partial charge on any atom is 0.254 e. The Bertz CT molecular complexity index is 964. The minimum absolute atomic E-state index is 0.123. The number of aromatic nitrogens is 4. The molecule has 1 amide bonds. The van der Waals surface area contributed by atoms with Crippen LogP contribution in [-0.4, -0.2) is 58.1 Å². The van der Waals surface area contributed by atoms with Crippen molar-refractivity contribution in [2.45, 2.75) is 20.0 Å². The molecule has 0 saturated carbocycles. The van der Waals surface area contributed by atoms with Gasteiger partial charge in [-0.05, 0) is 30.9 Å². The van der Waals surface area contributed by atoms with Gasteiger partial charge in [0.1, 0.15) is 0 Å². The summed E-state index contributed by atoms with van der Waals surface area (Å²) in [5.41, 5.74) is 3.02. The molecule has 4 rings (SSSR count). The molecule has 0 aliphatic carbocycles. The Morgan fingerprint density at radius 3 is 3.00 bits per heavy atom. The zero-order valence-electron chi connectivity index (χ0n) is 15.7. The van der Waals surface area contributed by atoms with Crippen LogP contribution >= 0.6 is 11.3 Å². The molecule has 0 spiro atoms. The predicted molar refractivity (Wildman–Crippen MR) is 105 cm³/mol. The van der Waals surface area contributed by atoms with Crippen molar-refractivity contribution in [1.29, 1.82) is 0 Å². The summed E-state index contributed by atoms with van der Waals surface area (Å²) >= 11 is 1.62. The summed E-state index contributed by atoms with van der Waals surface area (Å²) in [6, 6.07) is 4.01. The lowest BCUT2D eigenvalue weighted by Crippen LogP contribution is -2.39. The van der Waals surface area contributed by atoms with Crippen LogP contribution < -0.4 is 5.32 Å². The Hall–Kier alpha value is -2.62. The second-order valence-electron chi connectivity index (χ2n) is 6.51. The van der Waals surface area contributed by atoms with Crippen LogP contribution in [0.2, 0.25) is 0 Å². The maximum absolute atomic E-state index is 12.6. The first-order valence-electron chi connectivity index (χ1n) is 9.03. The topological polar surface area (TPSA) is 91.2 Å². The first-order valence-corrected chi connectivity index (χ1v) is 9.91. The van der Waals surface area contributed by atoms with Crippen LogP contribution in [0.25, 0.3) is 16.5 Å². The molecule has 9 heteroatoms. The van der Waals surface area contributed by atoms with Crippen LogP contribution in [0.15, 0.2) is 29.9 Å². The van der Waals surface area contributed by atoms with Crippen LogP contribution in [0.4, 0.5) is 0 Å². The van der Waals surface area contributed by atoms with E-state index in [1.807, 2.05) is 31.4 Å². The SMILES string of the molecule is Cc1cnc(-n2ncc(C(=O)NCC3COCCO3)c2C)nc1-c1cccs1. The fourth-order valence-corrected chi connectivity index (χ4v) is 3.77. The van der Waals surface area contributed by atoms with E-state index in [9.17, 15) is 4.79 Å². The smallest absolute Gasteiger partial charge is 0.254 e. The van der Waals surface area contributed by atoms with Crippen molar-refractivity contribution in [3.8, 4) is 16.5 Å². The van der Waals surface area contributed by atoms with Crippen molar-refractivity contribution in [2.24, 2.45) is 0 Å². The number of nitrogens with one attached hydrogen (secondary N) is 1. The summed E-state index contributed by atoms with van der Waals surface area (Å²) in [4.78, 5) is 22.7. The minimum atomic E-state index is -0.205. The summed E-state index contributed by atoms with van der Waals surface area (Å²) in [5.74, 6) is 0.234. The molecule has 0 aromatic carbocycles. The fraction of sp³-hybridized carbons (Fsp3) is 0.368. The van der Waals surface area contributed by atoms with Crippen LogP contribution in [0, 0.1) is 13.8 Å². The highest BCUT2D eigenvalue weighted by molar-refractivity contribution is 7.13. The number of carbonyl (C=O) groups excluding carboxylic acids is 1. The zero-order chi connectivity index (χ0) is 19.5. The molecule has 1 N–H and O–H groups in total. The summed E-state index contributed by atoms with van der Waals surface area (Å²) in [6.07, 6.45) is 3.19. The average Bonchev–Trinajstić information content (AvgIpc) is 3.37. The first-order chi connectivity index (χ1) is 13.6. The molecular formula is C19H21N5O3S. The third kappa shape index (κ3) is 3.82. The van der Waals surface area contributed by atoms with E-state index in [0.29, 0.717) is 43.6 Å². The van der Waals surface area contributed by atoms with Gasteiger partial charge in [-0.2, -0.15) is 5.10 Å². The lowest BCUT2D eigenvalue weighted by molar-refractivity contribution is -0.0855. The van der Waals surface area contributed by atoms with Crippen molar-refractivity contribution in [1.82, 2.24) is 25.1 Å². The Labute approximate surface area is 166 Å². The zero-order valence-corrected chi connectivity index (χ0v) is 16.5. The fourth-order valence-electron chi connectivity index (χ4n) is 2.99. The summed E-state index contributed by atoms with van der Waals surface area (Å²) in [5, 5.41) is 9.23. The molecule has 146 valence electrons. The standard InChI is InChI=1S/C19H21N5O3S/c1-12-8-21-19(23-17(12)16-4-3-7-28-16)24-13(2)15(10-22-24)18(25)20-9-14-11-26-5-6-27-14/h3-4,7-8,10,14H,5-6,9,11H2,1-2H3,(H,20,25). The first kappa shape index (κ1) is 18.7. The van der Waals surface area contributed by atoms with Crippen LogP contribution in [0.3, 0.4) is 0 Å². The van der Waals surface area contributed by atoms with Gasteiger partial charge in [-0.15, -0.1) is 11.3 Å². The van der Waals surface area contributed by atoms with E-state index in [1.54, 1.807) is 22.2 Å². The maximum atomic E-state index is 12.6. The molecule has 1 aliphatic heterocycles. The predicted octanol–water partition coefficient (Wildman–Crippen LogP) is 2.15. The molecule has 3 aromatic heterocycles. The number of hydrogen-bond acceptors (Lipinski definition) is 7. The van der Waals surface area contributed by atoms with Crippen molar-refractivity contribution in [3.63, 3.8) is 0 Å². The van der Waals surface area contributed by atoms with Gasteiger partial charge in [0.05, 0.1) is 53.9 Å². The molecule has 1 fully saturated rings. The molecule has 3 aromatic rings. The molecule has 0 bridgehead atoms. The summed E-state index contributed by atoms with van der Waals surface area (Å²) < 4.78 is 12.5. The molecular weight excluding hydrogens is 378 g/mol. The molecule has 28 heavy (non-hydrogen) atoms. The van der Waals surface area contributed by atoms with Gasteiger partial charge in [0.2, 0.25) is 0 Å². The van der Waals surface area contributed by atoms with E-state index in [1.165, 1.54) is 6.20 Å². The van der Waals surface area contributed by atoms with Gasteiger partial charge in [-0.1, -0.05) is 6.07 Å². The normalized spacial score (nSPS) is 16.9. The molecule has 1 saturated heterocycles. The van der Waals surface area contributed by atoms with Crippen molar-refractivity contribution in [2.75, 3.05) is 26.4 Å². The third-order valence-electron chi connectivity index (χ3n) is 4.53. The molecule has 1 unspecified atom stereocenters. The van der Waals surface area contributed by atoms with Gasteiger partial charge in [0.25, 0.3) is 11.9 Å². The minimum Gasteiger partial charge on any atom is -0.376 e. The second kappa shape index (κ2) is 8.17. The van der Waals surface area contributed by atoms with Crippen LogP contribution in [0.5, 0.6) is 0 Å². The Balaban J connectivity index is 1.53. The van der Waals surface area contributed by atoms with Gasteiger partial charge in [-0.25, -0.2) is 14.6 Å². The number of hydrogen-bond donors (Lipinski definition) is 1. The van der Waals surface area contributed by atoms with Gasteiger partial charge >= 0.3 is 0 Å². The number of rotatable bonds is 5. The third-order valence-corrected chi connectivity index (χ3v) is 5.41. The average molecular weight is 399 g/mol. The van der Waals surface area contributed by atoms with E-state index in [4.69, 9.17) is 9.47 Å². The van der Waals surface area contributed by atoms with E-state index in [0.717, 1.165) is 16.1 Å². The van der Waals surface area contributed by atoms with E-state index in [2.05, 4.69) is 20.4 Å². The largest absolute Gasteiger partial charge is 0.376 e. The van der Waals surface area contributed by atoms with E-state index < -0.39 is 0 Å². The quantitative estimate of drug-likeness (QED) is 0.707. The van der Waals surface area contributed by atoms with Gasteiger partial charge < -0.3 is 14.8 Å². The number of nitrogens with zero attached hydrogens (tertiary/aromatic N) is 4. The number of ether oxygens (including phenoxy) is 2. The highest BCUT2D eigenvalue weighted by Gasteiger charge is 2.20. The second-order valence-corrected chi connectivity index (χ2v) is 7.46. The van der Waals surface area contributed by atoms with Crippen molar-refractivity contribution in [3.05, 3.63) is 46.7 Å². The number of amides is 1. The van der Waals surface area contributed by atoms with E-state index >= 15 is 0 Å². The van der Waals surface area contributed by atoms with Gasteiger partial charge in [0, 0.05) is 12.7 Å². The Morgan fingerprint density at radius 1 is 1.36 bits per heavy atom. The van der Waals surface area contributed by atoms with Gasteiger partial charge in [-0.3, -0.25) is 4.79 Å². The lowest BCUT2D eigenvalue weighted by atomic mass is 10.2. The summed E-state index contributed by atoms with van der Waals surface area (Å²) in [6.45, 7) is 5.84. The summed E-state index contributed by atoms with van der Waals surface area (Å²) in [7, 11) is 0. The lowest BCUT2D eigenvalue weighted by Gasteiger charge is -2.23. The Morgan fingerprint density at radius 2 is 2.25 bits per heavy atom. The van der Waals surface area contributed by atoms with Crippen molar-refractivity contribution >= 4 is 17.2 Å². The highest BCUT2D eigenvalue weighted by atomic mass is 32.1. The molecule has 8 nitrogen and oxygen atoms in total. The van der Waals surface area contributed by atoms with Crippen molar-refractivity contribution < 1.29 is 14.3 Å². The Kier molecular flexibility index (Phi) is 5.47. The number of aryl methyl sites for hydroxylation is 1. The monoisotopic (exact) mass is 399 g/mol. The molecule has 1 atom stereocenters.